The SMILES string of the molecule is CC(C[TeH])Cc1ccccc1. The summed E-state index contributed by atoms with van der Waals surface area (Å²) in [4.78, 5) is 0. The molecule has 60 valence electrons. The average molecular weight is 262 g/mol. The van der Waals surface area contributed by atoms with Crippen LogP contribution in [-0.4, -0.2) is 22.3 Å². The number of hydrogen-bond acceptors (Lipinski definition) is 0. The fourth-order valence-corrected chi connectivity index (χ4v) is 1.45. The van der Waals surface area contributed by atoms with E-state index in [4.69, 9.17) is 0 Å². The van der Waals surface area contributed by atoms with Crippen molar-refractivity contribution in [2.75, 3.05) is 0 Å². The third-order valence-corrected chi connectivity index (χ3v) is 3.52. The van der Waals surface area contributed by atoms with E-state index in [0.717, 1.165) is 5.92 Å². The average Bonchev–Trinajstić information content (AvgIpc) is 2.06. The van der Waals surface area contributed by atoms with Crippen LogP contribution >= 0.6 is 0 Å². The Balaban J connectivity index is 2.51. The summed E-state index contributed by atoms with van der Waals surface area (Å²) in [5, 5.41) is 0. The first-order chi connectivity index (χ1) is 5.33. The summed E-state index contributed by atoms with van der Waals surface area (Å²) in [5.41, 5.74) is 1.47. The molecular formula is C10H14Te. The molecule has 0 fully saturated rings. The van der Waals surface area contributed by atoms with Gasteiger partial charge in [-0.05, 0) is 0 Å². The summed E-state index contributed by atoms with van der Waals surface area (Å²) >= 11 is 1.92. The van der Waals surface area contributed by atoms with E-state index in [1.807, 2.05) is 22.3 Å². The molecule has 0 aromatic heterocycles. The monoisotopic (exact) mass is 264 g/mol. The van der Waals surface area contributed by atoms with Crippen molar-refractivity contribution in [2.24, 2.45) is 5.92 Å². The number of benzene rings is 1. The van der Waals surface area contributed by atoms with Crippen molar-refractivity contribution in [3.8, 4) is 0 Å². The third kappa shape index (κ3) is 3.27. The van der Waals surface area contributed by atoms with Crippen LogP contribution in [0.1, 0.15) is 12.5 Å². The van der Waals surface area contributed by atoms with E-state index in [9.17, 15) is 0 Å². The normalized spacial score (nSPS) is 12.9. The molecule has 11 heavy (non-hydrogen) atoms. The van der Waals surface area contributed by atoms with Crippen molar-refractivity contribution >= 4 is 22.3 Å². The van der Waals surface area contributed by atoms with E-state index in [2.05, 4.69) is 37.3 Å². The molecule has 0 aliphatic rings. The summed E-state index contributed by atoms with van der Waals surface area (Å²) in [7, 11) is 0. The van der Waals surface area contributed by atoms with E-state index in [-0.39, 0.29) is 0 Å². The molecule has 0 nitrogen and oxygen atoms in total. The maximum atomic E-state index is 2.31. The molecule has 0 bridgehead atoms. The Hall–Kier alpha value is 0.00961. The van der Waals surface area contributed by atoms with Gasteiger partial charge in [0.2, 0.25) is 0 Å². The summed E-state index contributed by atoms with van der Waals surface area (Å²) in [6, 6.07) is 10.7. The third-order valence-electron chi connectivity index (χ3n) is 1.74. The van der Waals surface area contributed by atoms with Crippen LogP contribution in [0.4, 0.5) is 0 Å². The molecule has 0 saturated heterocycles. The van der Waals surface area contributed by atoms with Crippen molar-refractivity contribution in [1.82, 2.24) is 0 Å². The molecular weight excluding hydrogens is 248 g/mol. The van der Waals surface area contributed by atoms with Gasteiger partial charge < -0.3 is 0 Å². The Labute approximate surface area is 81.9 Å². The van der Waals surface area contributed by atoms with Crippen LogP contribution in [0.25, 0.3) is 0 Å². The van der Waals surface area contributed by atoms with Crippen LogP contribution < -0.4 is 0 Å². The van der Waals surface area contributed by atoms with Gasteiger partial charge in [0.05, 0.1) is 0 Å². The summed E-state index contributed by atoms with van der Waals surface area (Å²) < 4.78 is 1.32. The molecule has 0 radical (unpaired) electrons. The minimum atomic E-state index is 0.839. The first-order valence-corrected chi connectivity index (χ1v) is 5.78. The van der Waals surface area contributed by atoms with Crippen molar-refractivity contribution in [1.29, 1.82) is 0 Å². The molecule has 0 amide bonds. The zero-order valence-corrected chi connectivity index (χ0v) is 9.38. The van der Waals surface area contributed by atoms with Gasteiger partial charge in [-0.25, -0.2) is 0 Å². The topological polar surface area (TPSA) is 0 Å². The Kier molecular flexibility index (Phi) is 3.97. The first kappa shape index (κ1) is 9.10. The van der Waals surface area contributed by atoms with E-state index >= 15 is 0 Å². The van der Waals surface area contributed by atoms with Crippen molar-refractivity contribution in [2.45, 2.75) is 17.8 Å². The summed E-state index contributed by atoms with van der Waals surface area (Å²) in [5.74, 6) is 0.839. The standard InChI is InChI=1S/C10H14Te/c1-9(8-11)7-10-5-3-2-4-6-10/h2-6,9,11H,7-8H2,1H3. The molecule has 0 aliphatic heterocycles. The number of rotatable bonds is 3. The van der Waals surface area contributed by atoms with E-state index in [1.165, 1.54) is 16.5 Å². The molecule has 0 spiro atoms. The van der Waals surface area contributed by atoms with Gasteiger partial charge >= 0.3 is 81.9 Å². The Bertz CT molecular complexity index is 193. The van der Waals surface area contributed by atoms with E-state index in [0.29, 0.717) is 0 Å². The van der Waals surface area contributed by atoms with Gasteiger partial charge in [0, 0.05) is 0 Å². The van der Waals surface area contributed by atoms with Gasteiger partial charge in [-0.1, -0.05) is 0 Å². The molecule has 1 atom stereocenters. The predicted molar refractivity (Wildman–Crippen MR) is 51.3 cm³/mol. The second kappa shape index (κ2) is 4.80. The molecule has 0 heterocycles. The molecule has 1 aromatic rings. The van der Waals surface area contributed by atoms with Gasteiger partial charge in [-0.2, -0.15) is 0 Å². The van der Waals surface area contributed by atoms with E-state index in [1.54, 1.807) is 0 Å². The molecule has 0 aliphatic carbocycles. The molecule has 1 unspecified atom stereocenters. The van der Waals surface area contributed by atoms with Crippen molar-refractivity contribution in [3.63, 3.8) is 0 Å². The second-order valence-corrected chi connectivity index (χ2v) is 4.02. The zero-order chi connectivity index (χ0) is 8.10. The van der Waals surface area contributed by atoms with Crippen LogP contribution in [0, 0.1) is 5.92 Å². The molecule has 0 saturated carbocycles. The van der Waals surface area contributed by atoms with Gasteiger partial charge in [-0.15, -0.1) is 0 Å². The van der Waals surface area contributed by atoms with E-state index < -0.39 is 0 Å². The zero-order valence-electron chi connectivity index (χ0n) is 6.83. The van der Waals surface area contributed by atoms with Crippen LogP contribution in [0.15, 0.2) is 30.3 Å². The summed E-state index contributed by atoms with van der Waals surface area (Å²) in [6.07, 6.45) is 1.23. The van der Waals surface area contributed by atoms with Crippen LogP contribution in [0.2, 0.25) is 4.47 Å². The molecule has 1 heteroatoms. The fourth-order valence-electron chi connectivity index (χ4n) is 1.08. The molecule has 1 rings (SSSR count). The van der Waals surface area contributed by atoms with Gasteiger partial charge in [0.25, 0.3) is 0 Å². The minimum absolute atomic E-state index is 0.839. The quantitative estimate of drug-likeness (QED) is 0.732. The Morgan fingerprint density at radius 3 is 2.45 bits per heavy atom. The molecule has 0 N–H and O–H groups in total. The first-order valence-electron chi connectivity index (χ1n) is 3.97. The van der Waals surface area contributed by atoms with Gasteiger partial charge in [0.15, 0.2) is 0 Å². The van der Waals surface area contributed by atoms with Crippen LogP contribution in [-0.2, 0) is 6.42 Å². The predicted octanol–water partition coefficient (Wildman–Crippen LogP) is 2.18. The van der Waals surface area contributed by atoms with Crippen molar-refractivity contribution < 1.29 is 0 Å². The Morgan fingerprint density at radius 2 is 1.91 bits per heavy atom. The number of hydrogen-bond donors (Lipinski definition) is 0. The maximum absolute atomic E-state index is 2.31. The molecule has 1 aromatic carbocycles. The van der Waals surface area contributed by atoms with Crippen LogP contribution in [0.5, 0.6) is 0 Å². The van der Waals surface area contributed by atoms with Crippen LogP contribution in [0.3, 0.4) is 0 Å². The van der Waals surface area contributed by atoms with Gasteiger partial charge in [-0.3, -0.25) is 0 Å². The second-order valence-electron chi connectivity index (χ2n) is 2.98. The Morgan fingerprint density at radius 1 is 1.27 bits per heavy atom. The fraction of sp³-hybridized carbons (Fsp3) is 0.400. The summed E-state index contributed by atoms with van der Waals surface area (Å²) in [6.45, 7) is 2.31. The van der Waals surface area contributed by atoms with Crippen molar-refractivity contribution in [3.05, 3.63) is 35.9 Å². The van der Waals surface area contributed by atoms with Gasteiger partial charge in [0.1, 0.15) is 0 Å².